The van der Waals surface area contributed by atoms with Gasteiger partial charge in [0.05, 0.1) is 0 Å². The van der Waals surface area contributed by atoms with Crippen LogP contribution in [0, 0.1) is 5.82 Å². The lowest BCUT2D eigenvalue weighted by Gasteiger charge is -2.20. The molecule has 1 aromatic heterocycles. The third-order valence-corrected chi connectivity index (χ3v) is 4.60. The molecule has 0 radical (unpaired) electrons. The van der Waals surface area contributed by atoms with Gasteiger partial charge in [-0.05, 0) is 42.4 Å². The van der Waals surface area contributed by atoms with Gasteiger partial charge in [0, 0.05) is 43.5 Å². The highest BCUT2D eigenvalue weighted by atomic mass is 19.1. The van der Waals surface area contributed by atoms with Crippen LogP contribution in [-0.4, -0.2) is 28.5 Å². The van der Waals surface area contributed by atoms with Gasteiger partial charge in [-0.25, -0.2) is 14.4 Å². The van der Waals surface area contributed by atoms with Crippen LogP contribution in [0.5, 0.6) is 5.75 Å². The third kappa shape index (κ3) is 3.58. The molecule has 0 aliphatic carbocycles. The van der Waals surface area contributed by atoms with E-state index in [0.717, 1.165) is 30.6 Å². The first-order chi connectivity index (χ1) is 12.7. The van der Waals surface area contributed by atoms with Crippen molar-refractivity contribution in [3.05, 3.63) is 77.9 Å². The Kier molecular flexibility index (Phi) is 4.63. The summed E-state index contributed by atoms with van der Waals surface area (Å²) < 4.78 is 19.6. The fourth-order valence-corrected chi connectivity index (χ4v) is 3.33. The van der Waals surface area contributed by atoms with Crippen LogP contribution in [0.1, 0.15) is 23.7 Å². The topological polar surface area (TPSA) is 38.2 Å². The smallest absolute Gasteiger partial charge is 0.159 e. The van der Waals surface area contributed by atoms with E-state index in [2.05, 4.69) is 34.0 Å². The molecule has 1 atom stereocenters. The van der Waals surface area contributed by atoms with Gasteiger partial charge in [-0.15, -0.1) is 0 Å². The number of aromatic nitrogens is 2. The quantitative estimate of drug-likeness (QED) is 0.709. The summed E-state index contributed by atoms with van der Waals surface area (Å²) in [6, 6.07) is 14.4. The Morgan fingerprint density at radius 1 is 1.08 bits per heavy atom. The van der Waals surface area contributed by atoms with E-state index in [4.69, 9.17) is 4.74 Å². The molecule has 2 heterocycles. The van der Waals surface area contributed by atoms with Crippen LogP contribution in [0.25, 0.3) is 11.4 Å². The van der Waals surface area contributed by atoms with Gasteiger partial charge in [0.15, 0.2) is 5.82 Å². The van der Waals surface area contributed by atoms with E-state index in [1.807, 2.05) is 12.1 Å². The molecule has 0 bridgehead atoms. The second-order valence-electron chi connectivity index (χ2n) is 6.58. The number of nitrogens with zero attached hydrogens (tertiary/aromatic N) is 3. The van der Waals surface area contributed by atoms with Crippen LogP contribution < -0.4 is 4.74 Å². The number of fused-ring (bicyclic) bond motifs is 1. The molecule has 132 valence electrons. The molecule has 26 heavy (non-hydrogen) atoms. The van der Waals surface area contributed by atoms with Gasteiger partial charge in [0.25, 0.3) is 0 Å². The number of hydrogen-bond donors (Lipinski definition) is 0. The molecule has 0 N–H and O–H groups in total. The molecule has 0 spiro atoms. The molecule has 1 aliphatic heterocycles. The average molecular weight is 349 g/mol. The van der Waals surface area contributed by atoms with E-state index < -0.39 is 0 Å². The molecule has 1 aliphatic rings. The number of halogens is 1. The van der Waals surface area contributed by atoms with Crippen molar-refractivity contribution >= 4 is 0 Å². The monoisotopic (exact) mass is 349 g/mol. The van der Waals surface area contributed by atoms with Crippen molar-refractivity contribution in [2.75, 3.05) is 13.6 Å². The zero-order valence-corrected chi connectivity index (χ0v) is 14.6. The maximum absolute atomic E-state index is 13.5. The van der Waals surface area contributed by atoms with Crippen molar-refractivity contribution < 1.29 is 9.13 Å². The summed E-state index contributed by atoms with van der Waals surface area (Å²) >= 11 is 0. The lowest BCUT2D eigenvalue weighted by Crippen LogP contribution is -2.18. The van der Waals surface area contributed by atoms with Gasteiger partial charge in [0.1, 0.15) is 17.7 Å². The minimum atomic E-state index is -0.287. The van der Waals surface area contributed by atoms with Crippen molar-refractivity contribution in [3.8, 4) is 17.1 Å². The highest BCUT2D eigenvalue weighted by Crippen LogP contribution is 2.33. The highest BCUT2D eigenvalue weighted by molar-refractivity contribution is 5.57. The predicted molar refractivity (Wildman–Crippen MR) is 98.2 cm³/mol. The highest BCUT2D eigenvalue weighted by Gasteiger charge is 2.23. The molecule has 0 amide bonds. The molecular formula is C21H20FN3O. The van der Waals surface area contributed by atoms with Gasteiger partial charge >= 0.3 is 0 Å². The zero-order valence-electron chi connectivity index (χ0n) is 14.6. The van der Waals surface area contributed by atoms with Crippen molar-refractivity contribution in [2.45, 2.75) is 19.1 Å². The number of hydrogen-bond acceptors (Lipinski definition) is 4. The van der Waals surface area contributed by atoms with Crippen LogP contribution in [0.3, 0.4) is 0 Å². The van der Waals surface area contributed by atoms with Crippen molar-refractivity contribution in [1.82, 2.24) is 14.9 Å². The van der Waals surface area contributed by atoms with E-state index in [9.17, 15) is 4.39 Å². The van der Waals surface area contributed by atoms with Crippen LogP contribution in [0.4, 0.5) is 4.39 Å². The molecule has 4 nitrogen and oxygen atoms in total. The summed E-state index contributed by atoms with van der Waals surface area (Å²) in [6.07, 6.45) is 4.23. The fraction of sp³-hybridized carbons (Fsp3) is 0.238. The molecule has 1 unspecified atom stereocenters. The Balaban J connectivity index is 1.69. The second-order valence-corrected chi connectivity index (χ2v) is 6.58. The largest absolute Gasteiger partial charge is 0.486 e. The Morgan fingerprint density at radius 2 is 1.92 bits per heavy atom. The van der Waals surface area contributed by atoms with E-state index >= 15 is 0 Å². The molecule has 2 aromatic carbocycles. The number of rotatable bonds is 3. The summed E-state index contributed by atoms with van der Waals surface area (Å²) in [5.74, 6) is 0.982. The van der Waals surface area contributed by atoms with E-state index in [0.29, 0.717) is 11.6 Å². The van der Waals surface area contributed by atoms with Crippen LogP contribution in [-0.2, 0) is 6.54 Å². The van der Waals surface area contributed by atoms with Crippen LogP contribution in [0.15, 0.2) is 60.9 Å². The standard InChI is InChI=1S/C21H20FN3O/c1-25-11-8-20(26-18-5-2-4-17(22)13-18)19-7-6-15(12-16(19)14-25)21-23-9-3-10-24-21/h2-7,9-10,12-13,20H,8,11,14H2,1H3. The lowest BCUT2D eigenvalue weighted by molar-refractivity contribution is 0.182. The van der Waals surface area contributed by atoms with Gasteiger partial charge in [-0.3, -0.25) is 0 Å². The van der Waals surface area contributed by atoms with Crippen molar-refractivity contribution in [2.24, 2.45) is 0 Å². The predicted octanol–water partition coefficient (Wildman–Crippen LogP) is 4.24. The summed E-state index contributed by atoms with van der Waals surface area (Å²) in [7, 11) is 2.10. The minimum absolute atomic E-state index is 0.109. The molecule has 3 aromatic rings. The van der Waals surface area contributed by atoms with Gasteiger partial charge < -0.3 is 9.64 Å². The molecule has 4 rings (SSSR count). The van der Waals surface area contributed by atoms with Crippen LogP contribution in [0.2, 0.25) is 0 Å². The summed E-state index contributed by atoms with van der Waals surface area (Å²) in [6.45, 7) is 1.74. The fourth-order valence-electron chi connectivity index (χ4n) is 3.33. The van der Waals surface area contributed by atoms with E-state index in [1.165, 1.54) is 17.7 Å². The van der Waals surface area contributed by atoms with Gasteiger partial charge in [-0.2, -0.15) is 0 Å². The van der Waals surface area contributed by atoms with E-state index in [1.54, 1.807) is 24.5 Å². The zero-order chi connectivity index (χ0) is 17.9. The molecule has 0 saturated heterocycles. The van der Waals surface area contributed by atoms with Crippen molar-refractivity contribution in [1.29, 1.82) is 0 Å². The Labute approximate surface area is 152 Å². The van der Waals surface area contributed by atoms with Gasteiger partial charge in [-0.1, -0.05) is 18.2 Å². The van der Waals surface area contributed by atoms with Crippen molar-refractivity contribution in [3.63, 3.8) is 0 Å². The SMILES string of the molecule is CN1CCC(Oc2cccc(F)c2)c2ccc(-c3ncccn3)cc2C1. The molecular weight excluding hydrogens is 329 g/mol. The maximum atomic E-state index is 13.5. The second kappa shape index (κ2) is 7.22. The minimum Gasteiger partial charge on any atom is -0.486 e. The first kappa shape index (κ1) is 16.7. The number of benzene rings is 2. The Bertz CT molecular complexity index is 901. The first-order valence-electron chi connectivity index (χ1n) is 8.70. The van der Waals surface area contributed by atoms with Gasteiger partial charge in [0.2, 0.25) is 0 Å². The summed E-state index contributed by atoms with van der Waals surface area (Å²) in [5.41, 5.74) is 3.32. The lowest BCUT2D eigenvalue weighted by atomic mass is 9.98. The maximum Gasteiger partial charge on any atom is 0.159 e. The third-order valence-electron chi connectivity index (χ3n) is 4.60. The first-order valence-corrected chi connectivity index (χ1v) is 8.70. The average Bonchev–Trinajstić information content (AvgIpc) is 2.81. The van der Waals surface area contributed by atoms with E-state index in [-0.39, 0.29) is 11.9 Å². The van der Waals surface area contributed by atoms with Crippen LogP contribution >= 0.6 is 0 Å². The summed E-state index contributed by atoms with van der Waals surface area (Å²) in [5, 5.41) is 0. The molecule has 0 fully saturated rings. The molecule has 0 saturated carbocycles. The summed E-state index contributed by atoms with van der Waals surface area (Å²) in [4.78, 5) is 10.9. The normalized spacial score (nSPS) is 17.4. The Hall–Kier alpha value is -2.79. The molecule has 5 heteroatoms. The number of ether oxygens (including phenoxy) is 1. The Morgan fingerprint density at radius 3 is 2.73 bits per heavy atom.